The van der Waals surface area contributed by atoms with Crippen LogP contribution in [0.25, 0.3) is 43.6 Å². The van der Waals surface area contributed by atoms with Crippen molar-refractivity contribution in [3.8, 4) is 0 Å². The maximum absolute atomic E-state index is 13.2. The second-order valence-corrected chi connectivity index (χ2v) is 7.06. The molecule has 134 valence electrons. The number of fused-ring (bicyclic) bond motifs is 10. The molecule has 3 amide bonds. The molecular formula is C22H13N3O3. The first-order valence-corrected chi connectivity index (χ1v) is 8.94. The number of benzene rings is 3. The van der Waals surface area contributed by atoms with E-state index in [2.05, 4.69) is 9.97 Å². The molecule has 1 aliphatic heterocycles. The fraction of sp³-hybridized carbons (Fsp3) is 0.0455. The molecule has 0 radical (unpaired) electrons. The van der Waals surface area contributed by atoms with Crippen molar-refractivity contribution >= 4 is 61.3 Å². The molecule has 2 N–H and O–H groups in total. The molecule has 0 aliphatic carbocycles. The van der Waals surface area contributed by atoms with Crippen LogP contribution in [0.1, 0.15) is 27.6 Å². The van der Waals surface area contributed by atoms with Gasteiger partial charge in [-0.2, -0.15) is 0 Å². The highest BCUT2D eigenvalue weighted by Crippen LogP contribution is 2.43. The fourth-order valence-electron chi connectivity index (χ4n) is 4.46. The second kappa shape index (κ2) is 4.86. The topological polar surface area (TPSA) is 86.0 Å². The van der Waals surface area contributed by atoms with E-state index >= 15 is 0 Å². The van der Waals surface area contributed by atoms with E-state index in [-0.39, 0.29) is 0 Å². The molecule has 0 fully saturated rings. The SMILES string of the molecule is CC(=O)N1C(=O)c2c(c3c4ccccc4[nH]c3c3[nH]c4ccccc4c23)C1=O. The molecule has 3 aromatic carbocycles. The summed E-state index contributed by atoms with van der Waals surface area (Å²) < 4.78 is 0. The molecule has 0 unspecified atom stereocenters. The first-order chi connectivity index (χ1) is 13.6. The Balaban J connectivity index is 1.96. The van der Waals surface area contributed by atoms with Crippen molar-refractivity contribution in [2.75, 3.05) is 0 Å². The van der Waals surface area contributed by atoms with Crippen LogP contribution in [0.2, 0.25) is 0 Å². The summed E-state index contributed by atoms with van der Waals surface area (Å²) >= 11 is 0. The number of H-pyrrole nitrogens is 2. The third-order valence-corrected chi connectivity index (χ3v) is 5.56. The van der Waals surface area contributed by atoms with Crippen molar-refractivity contribution in [1.29, 1.82) is 0 Å². The van der Waals surface area contributed by atoms with Crippen LogP contribution in [0.3, 0.4) is 0 Å². The van der Waals surface area contributed by atoms with Gasteiger partial charge in [0.25, 0.3) is 11.8 Å². The summed E-state index contributed by atoms with van der Waals surface area (Å²) in [5.41, 5.74) is 3.85. The lowest BCUT2D eigenvalue weighted by Crippen LogP contribution is -2.34. The average Bonchev–Trinajstić information content (AvgIpc) is 3.31. The molecule has 6 heteroatoms. The summed E-state index contributed by atoms with van der Waals surface area (Å²) in [6.45, 7) is 1.24. The van der Waals surface area contributed by atoms with E-state index in [1.165, 1.54) is 6.92 Å². The third-order valence-electron chi connectivity index (χ3n) is 5.56. The van der Waals surface area contributed by atoms with Gasteiger partial charge in [0.05, 0.1) is 22.2 Å². The summed E-state index contributed by atoms with van der Waals surface area (Å²) in [5.74, 6) is -1.70. The number of carbonyl (C=O) groups excluding carboxylic acids is 3. The van der Waals surface area contributed by atoms with Crippen LogP contribution in [0.5, 0.6) is 0 Å². The van der Waals surface area contributed by atoms with Crippen LogP contribution >= 0.6 is 0 Å². The highest BCUT2D eigenvalue weighted by Gasteiger charge is 2.42. The molecule has 0 spiro atoms. The normalized spacial score (nSPS) is 14.1. The number of amides is 3. The average molecular weight is 367 g/mol. The lowest BCUT2D eigenvalue weighted by Gasteiger charge is -2.07. The number of nitrogens with one attached hydrogen (secondary N) is 2. The Morgan fingerprint density at radius 3 is 1.61 bits per heavy atom. The van der Waals surface area contributed by atoms with Gasteiger partial charge in [-0.1, -0.05) is 36.4 Å². The minimum atomic E-state index is -0.577. The zero-order valence-corrected chi connectivity index (χ0v) is 14.8. The first-order valence-electron chi connectivity index (χ1n) is 8.94. The van der Waals surface area contributed by atoms with Gasteiger partial charge < -0.3 is 9.97 Å². The Labute approximate surface area is 157 Å². The van der Waals surface area contributed by atoms with E-state index in [1.54, 1.807) is 0 Å². The minimum absolute atomic E-state index is 0.296. The zero-order chi connectivity index (χ0) is 19.2. The molecular weight excluding hydrogens is 354 g/mol. The second-order valence-electron chi connectivity index (χ2n) is 7.06. The van der Waals surface area contributed by atoms with Gasteiger partial charge >= 0.3 is 0 Å². The Morgan fingerprint density at radius 2 is 1.18 bits per heavy atom. The van der Waals surface area contributed by atoms with Crippen molar-refractivity contribution < 1.29 is 14.4 Å². The van der Waals surface area contributed by atoms with Crippen LogP contribution in [0.4, 0.5) is 0 Å². The Kier molecular flexibility index (Phi) is 2.63. The number of aromatic amines is 2. The van der Waals surface area contributed by atoms with Crippen LogP contribution in [-0.2, 0) is 4.79 Å². The van der Waals surface area contributed by atoms with E-state index in [0.29, 0.717) is 21.9 Å². The molecule has 1 aliphatic rings. The highest BCUT2D eigenvalue weighted by atomic mass is 16.2. The standard InChI is InChI=1S/C22H13N3O3/c1-10(26)25-21(27)17-15-11-6-2-4-8-13(11)23-19(15)20-16(18(17)22(25)28)12-7-3-5-9-14(12)24-20/h2-9,23-24H,1H3. The first kappa shape index (κ1) is 15.2. The summed E-state index contributed by atoms with van der Waals surface area (Å²) in [6, 6.07) is 15.3. The maximum atomic E-state index is 13.2. The van der Waals surface area contributed by atoms with Gasteiger partial charge in [0.1, 0.15) is 0 Å². The van der Waals surface area contributed by atoms with Crippen LogP contribution in [0, 0.1) is 0 Å². The Morgan fingerprint density at radius 1 is 0.750 bits per heavy atom. The van der Waals surface area contributed by atoms with Crippen molar-refractivity contribution in [2.24, 2.45) is 0 Å². The minimum Gasteiger partial charge on any atom is -0.353 e. The zero-order valence-electron chi connectivity index (χ0n) is 14.8. The number of hydrogen-bond acceptors (Lipinski definition) is 3. The van der Waals surface area contributed by atoms with E-state index in [1.807, 2.05) is 48.5 Å². The van der Waals surface area contributed by atoms with Crippen molar-refractivity contribution in [3.63, 3.8) is 0 Å². The number of nitrogens with zero attached hydrogens (tertiary/aromatic N) is 1. The van der Waals surface area contributed by atoms with Gasteiger partial charge in [-0.25, -0.2) is 4.90 Å². The van der Waals surface area contributed by atoms with E-state index < -0.39 is 17.7 Å². The summed E-state index contributed by atoms with van der Waals surface area (Å²) in [4.78, 5) is 45.9. The fourth-order valence-corrected chi connectivity index (χ4v) is 4.46. The van der Waals surface area contributed by atoms with Gasteiger partial charge in [0, 0.05) is 39.5 Å². The Hall–Kier alpha value is -3.93. The predicted octanol–water partition coefficient (Wildman–Crippen LogP) is 4.10. The number of hydrogen-bond donors (Lipinski definition) is 2. The molecule has 3 heterocycles. The Bertz CT molecular complexity index is 1430. The third kappa shape index (κ3) is 1.61. The molecule has 0 bridgehead atoms. The van der Waals surface area contributed by atoms with Gasteiger partial charge in [0.15, 0.2) is 0 Å². The summed E-state index contributed by atoms with van der Waals surface area (Å²) in [6.07, 6.45) is 0. The molecule has 0 saturated heterocycles. The van der Waals surface area contributed by atoms with Gasteiger partial charge in [-0.3, -0.25) is 14.4 Å². The van der Waals surface area contributed by atoms with Gasteiger partial charge in [-0.15, -0.1) is 0 Å². The molecule has 0 atom stereocenters. The van der Waals surface area contributed by atoms with E-state index in [0.717, 1.165) is 37.7 Å². The van der Waals surface area contributed by atoms with Crippen LogP contribution in [-0.4, -0.2) is 32.6 Å². The quantitative estimate of drug-likeness (QED) is 0.404. The number of carbonyl (C=O) groups is 3. The molecule has 6 nitrogen and oxygen atoms in total. The van der Waals surface area contributed by atoms with E-state index in [9.17, 15) is 14.4 Å². The molecule has 28 heavy (non-hydrogen) atoms. The largest absolute Gasteiger partial charge is 0.353 e. The predicted molar refractivity (Wildman–Crippen MR) is 106 cm³/mol. The van der Waals surface area contributed by atoms with Crippen molar-refractivity contribution in [3.05, 3.63) is 59.7 Å². The molecule has 2 aromatic heterocycles. The summed E-state index contributed by atoms with van der Waals surface area (Å²) in [7, 11) is 0. The van der Waals surface area contributed by atoms with E-state index in [4.69, 9.17) is 0 Å². The van der Waals surface area contributed by atoms with Crippen molar-refractivity contribution in [2.45, 2.75) is 6.92 Å². The molecule has 5 aromatic rings. The molecule has 6 rings (SSSR count). The number of aromatic nitrogens is 2. The monoisotopic (exact) mass is 367 g/mol. The smallest absolute Gasteiger partial charge is 0.269 e. The number of para-hydroxylation sites is 2. The lowest BCUT2D eigenvalue weighted by atomic mass is 9.97. The molecule has 0 saturated carbocycles. The van der Waals surface area contributed by atoms with Crippen molar-refractivity contribution in [1.82, 2.24) is 14.9 Å². The number of rotatable bonds is 0. The van der Waals surface area contributed by atoms with Crippen LogP contribution in [0.15, 0.2) is 48.5 Å². The highest BCUT2D eigenvalue weighted by molar-refractivity contribution is 6.41. The number of imide groups is 3. The van der Waals surface area contributed by atoms with Gasteiger partial charge in [-0.05, 0) is 12.1 Å². The van der Waals surface area contributed by atoms with Gasteiger partial charge in [0.2, 0.25) is 5.91 Å². The lowest BCUT2D eigenvalue weighted by molar-refractivity contribution is -0.124. The maximum Gasteiger partial charge on any atom is 0.269 e. The van der Waals surface area contributed by atoms with Crippen LogP contribution < -0.4 is 0 Å². The summed E-state index contributed by atoms with van der Waals surface area (Å²) in [5, 5.41) is 3.04.